The van der Waals surface area contributed by atoms with Crippen LogP contribution in [0.5, 0.6) is 0 Å². The zero-order valence-corrected chi connectivity index (χ0v) is 11.6. The number of nitrogens with zero attached hydrogens (tertiary/aromatic N) is 1. The normalized spacial score (nSPS) is 10.6. The van der Waals surface area contributed by atoms with Gasteiger partial charge < -0.3 is 4.98 Å². The van der Waals surface area contributed by atoms with Crippen LogP contribution >= 0.6 is 15.9 Å². The van der Waals surface area contributed by atoms with Gasteiger partial charge in [-0.15, -0.1) is 0 Å². The van der Waals surface area contributed by atoms with Gasteiger partial charge in [0.15, 0.2) is 0 Å². The first-order chi connectivity index (χ1) is 7.99. The lowest BCUT2D eigenvalue weighted by Crippen LogP contribution is -2.14. The molecule has 0 amide bonds. The predicted molar refractivity (Wildman–Crippen MR) is 72.2 cm³/mol. The van der Waals surface area contributed by atoms with Crippen molar-refractivity contribution in [2.75, 3.05) is 0 Å². The van der Waals surface area contributed by atoms with Gasteiger partial charge >= 0.3 is 0 Å². The van der Waals surface area contributed by atoms with Gasteiger partial charge in [-0.2, -0.15) is 0 Å². The third kappa shape index (κ3) is 2.31. The van der Waals surface area contributed by atoms with Crippen molar-refractivity contribution in [3.63, 3.8) is 0 Å². The Morgan fingerprint density at radius 1 is 1.24 bits per heavy atom. The minimum absolute atomic E-state index is 0.0759. The Morgan fingerprint density at radius 2 is 1.94 bits per heavy atom. The maximum atomic E-state index is 11.7. The fourth-order valence-electron chi connectivity index (χ4n) is 1.57. The number of aromatic amines is 1. The van der Waals surface area contributed by atoms with Gasteiger partial charge in [-0.25, -0.2) is 4.98 Å². The van der Waals surface area contributed by atoms with E-state index in [-0.39, 0.29) is 5.56 Å². The molecule has 0 saturated carbocycles. The van der Waals surface area contributed by atoms with Crippen LogP contribution < -0.4 is 5.56 Å². The number of aryl methyl sites for hydroxylation is 2. The Balaban J connectivity index is 2.61. The second-order valence-electron chi connectivity index (χ2n) is 4.09. The van der Waals surface area contributed by atoms with E-state index in [0.717, 1.165) is 21.3 Å². The zero-order valence-electron chi connectivity index (χ0n) is 9.97. The van der Waals surface area contributed by atoms with Crippen molar-refractivity contribution in [2.45, 2.75) is 20.8 Å². The summed E-state index contributed by atoms with van der Waals surface area (Å²) in [4.78, 5) is 18.9. The van der Waals surface area contributed by atoms with Gasteiger partial charge in [-0.1, -0.05) is 22.0 Å². The van der Waals surface area contributed by atoms with Crippen LogP contribution in [0.2, 0.25) is 0 Å². The summed E-state index contributed by atoms with van der Waals surface area (Å²) in [5.41, 5.74) is 3.40. The Kier molecular flexibility index (Phi) is 3.15. The van der Waals surface area contributed by atoms with Crippen LogP contribution in [0.4, 0.5) is 0 Å². The quantitative estimate of drug-likeness (QED) is 0.878. The lowest BCUT2D eigenvalue weighted by molar-refractivity contribution is 1.03. The number of rotatable bonds is 1. The van der Waals surface area contributed by atoms with Gasteiger partial charge in [0.2, 0.25) is 0 Å². The summed E-state index contributed by atoms with van der Waals surface area (Å²) in [6.07, 6.45) is 0. The molecule has 1 aromatic carbocycles. The summed E-state index contributed by atoms with van der Waals surface area (Å²) in [5, 5.41) is 0. The van der Waals surface area contributed by atoms with Crippen LogP contribution in [0.3, 0.4) is 0 Å². The van der Waals surface area contributed by atoms with Crippen molar-refractivity contribution < 1.29 is 0 Å². The van der Waals surface area contributed by atoms with Crippen LogP contribution in [-0.2, 0) is 0 Å². The number of benzene rings is 1. The summed E-state index contributed by atoms with van der Waals surface area (Å²) < 4.78 is 1.05. The summed E-state index contributed by atoms with van der Waals surface area (Å²) in [7, 11) is 0. The number of hydrogen-bond acceptors (Lipinski definition) is 2. The Labute approximate surface area is 108 Å². The van der Waals surface area contributed by atoms with Gasteiger partial charge in [0.25, 0.3) is 5.56 Å². The van der Waals surface area contributed by atoms with Crippen LogP contribution in [0.25, 0.3) is 11.4 Å². The highest BCUT2D eigenvalue weighted by Gasteiger charge is 2.06. The highest BCUT2D eigenvalue weighted by Crippen LogP contribution is 2.22. The Bertz CT molecular complexity index is 632. The molecule has 2 aromatic rings. The van der Waals surface area contributed by atoms with Gasteiger partial charge in [0, 0.05) is 21.3 Å². The molecular formula is C13H13BrN2O. The zero-order chi connectivity index (χ0) is 12.6. The molecule has 0 aliphatic heterocycles. The number of nitrogens with one attached hydrogen (secondary N) is 1. The van der Waals surface area contributed by atoms with E-state index in [9.17, 15) is 4.79 Å². The van der Waals surface area contributed by atoms with E-state index in [1.54, 1.807) is 6.92 Å². The van der Waals surface area contributed by atoms with Crippen LogP contribution in [0.1, 0.15) is 16.8 Å². The minimum Gasteiger partial charge on any atom is -0.306 e. The highest BCUT2D eigenvalue weighted by atomic mass is 79.9. The molecule has 0 aliphatic rings. The molecule has 0 bridgehead atoms. The molecule has 1 N–H and O–H groups in total. The molecule has 0 unspecified atom stereocenters. The van der Waals surface area contributed by atoms with Crippen LogP contribution in [0.15, 0.2) is 27.5 Å². The molecule has 88 valence electrons. The Hall–Kier alpha value is -1.42. The SMILES string of the molecule is Cc1cc(-c2nc(C)c(C)c(=O)[nH]2)ccc1Br. The van der Waals surface area contributed by atoms with Crippen molar-refractivity contribution in [1.82, 2.24) is 9.97 Å². The molecule has 0 fully saturated rings. The van der Waals surface area contributed by atoms with Crippen molar-refractivity contribution in [1.29, 1.82) is 0 Å². The molecule has 3 nitrogen and oxygen atoms in total. The molecule has 1 aromatic heterocycles. The van der Waals surface area contributed by atoms with Crippen LogP contribution in [0, 0.1) is 20.8 Å². The van der Waals surface area contributed by atoms with E-state index in [1.807, 2.05) is 32.0 Å². The van der Waals surface area contributed by atoms with Gasteiger partial charge in [-0.05, 0) is 38.5 Å². The lowest BCUT2D eigenvalue weighted by Gasteiger charge is -2.06. The molecule has 0 atom stereocenters. The molecular weight excluding hydrogens is 280 g/mol. The summed E-state index contributed by atoms with van der Waals surface area (Å²) >= 11 is 3.45. The molecule has 0 radical (unpaired) electrons. The average molecular weight is 293 g/mol. The van der Waals surface area contributed by atoms with E-state index >= 15 is 0 Å². The molecule has 2 rings (SSSR count). The van der Waals surface area contributed by atoms with Crippen molar-refractivity contribution >= 4 is 15.9 Å². The van der Waals surface area contributed by atoms with E-state index in [1.165, 1.54) is 0 Å². The molecule has 0 saturated heterocycles. The first kappa shape index (κ1) is 12.0. The van der Waals surface area contributed by atoms with Crippen molar-refractivity contribution in [3.8, 4) is 11.4 Å². The third-order valence-electron chi connectivity index (χ3n) is 2.83. The van der Waals surface area contributed by atoms with Gasteiger partial charge in [-0.3, -0.25) is 4.79 Å². The first-order valence-electron chi connectivity index (χ1n) is 5.33. The van der Waals surface area contributed by atoms with Gasteiger partial charge in [0.1, 0.15) is 5.82 Å². The predicted octanol–water partition coefficient (Wildman–Crippen LogP) is 3.12. The second-order valence-corrected chi connectivity index (χ2v) is 4.94. The minimum atomic E-state index is -0.0759. The number of halogens is 1. The fourth-order valence-corrected chi connectivity index (χ4v) is 1.82. The van der Waals surface area contributed by atoms with Crippen molar-refractivity contribution in [3.05, 3.63) is 49.8 Å². The third-order valence-corrected chi connectivity index (χ3v) is 3.72. The summed E-state index contributed by atoms with van der Waals surface area (Å²) in [6.45, 7) is 5.63. The van der Waals surface area contributed by atoms with E-state index in [2.05, 4.69) is 25.9 Å². The van der Waals surface area contributed by atoms with Crippen LogP contribution in [-0.4, -0.2) is 9.97 Å². The number of H-pyrrole nitrogens is 1. The fraction of sp³-hybridized carbons (Fsp3) is 0.231. The average Bonchev–Trinajstić information content (AvgIpc) is 2.29. The molecule has 4 heteroatoms. The number of aromatic nitrogens is 2. The summed E-state index contributed by atoms with van der Waals surface area (Å²) in [6, 6.07) is 5.89. The summed E-state index contributed by atoms with van der Waals surface area (Å²) in [5.74, 6) is 0.619. The van der Waals surface area contributed by atoms with Crippen molar-refractivity contribution in [2.24, 2.45) is 0 Å². The first-order valence-corrected chi connectivity index (χ1v) is 6.12. The van der Waals surface area contributed by atoms with Gasteiger partial charge in [0.05, 0.1) is 0 Å². The molecule has 17 heavy (non-hydrogen) atoms. The Morgan fingerprint density at radius 3 is 2.53 bits per heavy atom. The molecule has 1 heterocycles. The monoisotopic (exact) mass is 292 g/mol. The maximum absolute atomic E-state index is 11.7. The maximum Gasteiger partial charge on any atom is 0.254 e. The number of hydrogen-bond donors (Lipinski definition) is 1. The standard InChI is InChI=1S/C13H13BrN2O/c1-7-6-10(4-5-11(7)14)12-15-9(3)8(2)13(17)16-12/h4-6H,1-3H3,(H,15,16,17). The largest absolute Gasteiger partial charge is 0.306 e. The molecule has 0 aliphatic carbocycles. The lowest BCUT2D eigenvalue weighted by atomic mass is 10.1. The molecule has 0 spiro atoms. The van der Waals surface area contributed by atoms with E-state index in [0.29, 0.717) is 11.4 Å². The van der Waals surface area contributed by atoms with E-state index < -0.39 is 0 Å². The topological polar surface area (TPSA) is 45.8 Å². The highest BCUT2D eigenvalue weighted by molar-refractivity contribution is 9.10. The second kappa shape index (κ2) is 4.45. The van der Waals surface area contributed by atoms with E-state index in [4.69, 9.17) is 0 Å². The smallest absolute Gasteiger partial charge is 0.254 e.